The third-order valence-electron chi connectivity index (χ3n) is 4.60. The van der Waals surface area contributed by atoms with Crippen LogP contribution in [0.2, 0.25) is 0 Å². The number of nitrogens with one attached hydrogen (secondary N) is 1. The highest BCUT2D eigenvalue weighted by atomic mass is 15.0. The Bertz CT molecular complexity index is 364. The molecule has 2 nitrogen and oxygen atoms in total. The van der Waals surface area contributed by atoms with Crippen LogP contribution in [0, 0.1) is 5.41 Å². The summed E-state index contributed by atoms with van der Waals surface area (Å²) in [5, 5.41) is 3.72. The van der Waals surface area contributed by atoms with Crippen LogP contribution in [0.5, 0.6) is 0 Å². The summed E-state index contributed by atoms with van der Waals surface area (Å²) in [5.41, 5.74) is 7.80. The van der Waals surface area contributed by atoms with E-state index in [0.717, 1.165) is 19.0 Å². The predicted octanol–water partition coefficient (Wildman–Crippen LogP) is 2.26. The lowest BCUT2D eigenvalue weighted by molar-refractivity contribution is 0.140. The van der Waals surface area contributed by atoms with Crippen molar-refractivity contribution in [3.05, 3.63) is 35.9 Å². The largest absolute Gasteiger partial charge is 0.330 e. The van der Waals surface area contributed by atoms with Crippen LogP contribution in [0.3, 0.4) is 0 Å². The normalized spacial score (nSPS) is 29.7. The van der Waals surface area contributed by atoms with Gasteiger partial charge in [-0.2, -0.15) is 0 Å². The molecule has 0 aromatic heterocycles. The summed E-state index contributed by atoms with van der Waals surface area (Å²) in [6, 6.07) is 11.5. The van der Waals surface area contributed by atoms with Gasteiger partial charge in [0.15, 0.2) is 0 Å². The van der Waals surface area contributed by atoms with E-state index in [1.807, 2.05) is 0 Å². The van der Waals surface area contributed by atoms with Gasteiger partial charge in [-0.1, -0.05) is 36.8 Å². The Morgan fingerprint density at radius 1 is 1.24 bits per heavy atom. The molecule has 0 aliphatic heterocycles. The third kappa shape index (κ3) is 2.24. The number of nitrogens with two attached hydrogens (primary N) is 1. The minimum absolute atomic E-state index is 0.434. The van der Waals surface area contributed by atoms with E-state index < -0.39 is 0 Å². The van der Waals surface area contributed by atoms with Gasteiger partial charge in [0.25, 0.3) is 0 Å². The molecule has 1 unspecified atom stereocenters. The zero-order chi connectivity index (χ0) is 11.7. The van der Waals surface area contributed by atoms with E-state index >= 15 is 0 Å². The highest BCUT2D eigenvalue weighted by Gasteiger charge is 2.41. The molecule has 1 aromatic rings. The fourth-order valence-electron chi connectivity index (χ4n) is 2.97. The molecule has 2 aliphatic rings. The Hall–Kier alpha value is -0.860. The van der Waals surface area contributed by atoms with Crippen LogP contribution in [-0.2, 0) is 0 Å². The van der Waals surface area contributed by atoms with E-state index in [4.69, 9.17) is 5.73 Å². The van der Waals surface area contributed by atoms with Crippen molar-refractivity contribution in [3.63, 3.8) is 0 Å². The van der Waals surface area contributed by atoms with Crippen LogP contribution >= 0.6 is 0 Å². The van der Waals surface area contributed by atoms with Crippen molar-refractivity contribution < 1.29 is 0 Å². The minimum atomic E-state index is 0.434. The summed E-state index contributed by atoms with van der Waals surface area (Å²) in [5.74, 6) is 0.742. The van der Waals surface area contributed by atoms with Crippen molar-refractivity contribution in [2.45, 2.75) is 37.6 Å². The van der Waals surface area contributed by atoms with Crippen molar-refractivity contribution in [2.24, 2.45) is 11.1 Å². The Kier molecular flexibility index (Phi) is 2.93. The minimum Gasteiger partial charge on any atom is -0.330 e. The lowest BCUT2D eigenvalue weighted by Crippen LogP contribution is -2.46. The van der Waals surface area contributed by atoms with E-state index in [0.29, 0.717) is 11.5 Å². The van der Waals surface area contributed by atoms with E-state index in [9.17, 15) is 0 Å². The highest BCUT2D eigenvalue weighted by Crippen LogP contribution is 2.43. The smallest absolute Gasteiger partial charge is 0.0143 e. The summed E-state index contributed by atoms with van der Waals surface area (Å²) in [6.45, 7) is 1.97. The Labute approximate surface area is 104 Å². The molecule has 17 heavy (non-hydrogen) atoms. The Balaban J connectivity index is 1.50. The number of hydrogen-bond acceptors (Lipinski definition) is 2. The lowest BCUT2D eigenvalue weighted by atomic mass is 9.69. The van der Waals surface area contributed by atoms with Crippen LogP contribution in [0.15, 0.2) is 30.3 Å². The molecular formula is C15H22N2. The number of benzene rings is 1. The molecule has 0 heterocycles. The topological polar surface area (TPSA) is 38.0 Å². The molecule has 2 fully saturated rings. The van der Waals surface area contributed by atoms with E-state index in [1.54, 1.807) is 0 Å². The summed E-state index contributed by atoms with van der Waals surface area (Å²) in [4.78, 5) is 0. The molecule has 0 spiro atoms. The second kappa shape index (κ2) is 4.43. The van der Waals surface area contributed by atoms with E-state index in [1.165, 1.54) is 31.2 Å². The van der Waals surface area contributed by atoms with Gasteiger partial charge in [-0.25, -0.2) is 0 Å². The first-order valence-corrected chi connectivity index (χ1v) is 6.81. The summed E-state index contributed by atoms with van der Waals surface area (Å²) >= 11 is 0. The van der Waals surface area contributed by atoms with Crippen molar-refractivity contribution in [2.75, 3.05) is 13.1 Å². The summed E-state index contributed by atoms with van der Waals surface area (Å²) < 4.78 is 0. The number of rotatable bonds is 5. The summed E-state index contributed by atoms with van der Waals surface area (Å²) in [7, 11) is 0. The first-order valence-electron chi connectivity index (χ1n) is 6.81. The molecule has 0 bridgehead atoms. The fourth-order valence-corrected chi connectivity index (χ4v) is 2.97. The third-order valence-corrected chi connectivity index (χ3v) is 4.60. The van der Waals surface area contributed by atoms with E-state index in [-0.39, 0.29) is 0 Å². The summed E-state index contributed by atoms with van der Waals surface area (Å²) in [6.07, 6.45) is 5.30. The molecule has 0 saturated heterocycles. The van der Waals surface area contributed by atoms with Gasteiger partial charge >= 0.3 is 0 Å². The zero-order valence-corrected chi connectivity index (χ0v) is 10.4. The molecule has 3 N–H and O–H groups in total. The van der Waals surface area contributed by atoms with Gasteiger partial charge < -0.3 is 11.1 Å². The molecule has 1 aromatic carbocycles. The van der Waals surface area contributed by atoms with Gasteiger partial charge in [-0.15, -0.1) is 0 Å². The molecule has 92 valence electrons. The average molecular weight is 230 g/mol. The van der Waals surface area contributed by atoms with Crippen LogP contribution in [-0.4, -0.2) is 19.1 Å². The first kappa shape index (κ1) is 11.2. The highest BCUT2D eigenvalue weighted by molar-refractivity contribution is 5.27. The maximum Gasteiger partial charge on any atom is 0.0143 e. The lowest BCUT2D eigenvalue weighted by Gasteiger charge is -2.41. The second-order valence-electron chi connectivity index (χ2n) is 5.80. The zero-order valence-electron chi connectivity index (χ0n) is 10.4. The van der Waals surface area contributed by atoms with Crippen LogP contribution in [0.25, 0.3) is 0 Å². The van der Waals surface area contributed by atoms with Gasteiger partial charge in [0, 0.05) is 18.5 Å². The van der Waals surface area contributed by atoms with Crippen LogP contribution in [0.4, 0.5) is 0 Å². The monoisotopic (exact) mass is 230 g/mol. The van der Waals surface area contributed by atoms with Gasteiger partial charge in [-0.3, -0.25) is 0 Å². The first-order chi connectivity index (χ1) is 8.33. The van der Waals surface area contributed by atoms with Gasteiger partial charge in [0.05, 0.1) is 0 Å². The Morgan fingerprint density at radius 2 is 2.00 bits per heavy atom. The van der Waals surface area contributed by atoms with Crippen molar-refractivity contribution in [3.8, 4) is 0 Å². The van der Waals surface area contributed by atoms with Gasteiger partial charge in [-0.05, 0) is 36.8 Å². The quantitative estimate of drug-likeness (QED) is 0.814. The van der Waals surface area contributed by atoms with Crippen molar-refractivity contribution in [1.29, 1.82) is 0 Å². The molecule has 3 rings (SSSR count). The van der Waals surface area contributed by atoms with Crippen LogP contribution in [0.1, 0.15) is 37.2 Å². The molecule has 0 radical (unpaired) electrons. The van der Waals surface area contributed by atoms with Crippen molar-refractivity contribution in [1.82, 2.24) is 5.32 Å². The molecular weight excluding hydrogens is 208 g/mol. The average Bonchev–Trinajstić information content (AvgIpc) is 3.09. The van der Waals surface area contributed by atoms with Crippen molar-refractivity contribution >= 4 is 0 Å². The molecule has 0 amide bonds. The maximum atomic E-state index is 5.88. The van der Waals surface area contributed by atoms with Gasteiger partial charge in [0.2, 0.25) is 0 Å². The van der Waals surface area contributed by atoms with Crippen LogP contribution < -0.4 is 11.1 Å². The van der Waals surface area contributed by atoms with E-state index in [2.05, 4.69) is 35.6 Å². The standard InChI is InChI=1S/C15H22N2/c16-10-15(7-4-8-15)11-17-14-9-13(14)12-5-2-1-3-6-12/h1-3,5-6,13-14,17H,4,7-11,16H2/t13?,14-/m0/s1. The molecule has 2 aliphatic carbocycles. The molecule has 2 atom stereocenters. The van der Waals surface area contributed by atoms with Gasteiger partial charge in [0.1, 0.15) is 0 Å². The molecule has 2 saturated carbocycles. The predicted molar refractivity (Wildman–Crippen MR) is 70.9 cm³/mol. The fraction of sp³-hybridized carbons (Fsp3) is 0.600. The Morgan fingerprint density at radius 3 is 2.59 bits per heavy atom. The number of hydrogen-bond donors (Lipinski definition) is 2. The maximum absolute atomic E-state index is 5.88. The molecule has 2 heteroatoms. The second-order valence-corrected chi connectivity index (χ2v) is 5.80. The SMILES string of the molecule is NCC1(CN[C@H]2CC2c2ccccc2)CCC1.